The fourth-order valence-corrected chi connectivity index (χ4v) is 2.91. The third-order valence-electron chi connectivity index (χ3n) is 4.38. The van der Waals surface area contributed by atoms with E-state index in [2.05, 4.69) is 28.8 Å². The van der Waals surface area contributed by atoms with Crippen molar-refractivity contribution in [1.82, 2.24) is 19.7 Å². The maximum atomic E-state index is 12.7. The summed E-state index contributed by atoms with van der Waals surface area (Å²) in [5, 5.41) is 4.32. The van der Waals surface area contributed by atoms with E-state index in [0.717, 1.165) is 31.0 Å². The molecule has 0 radical (unpaired) electrons. The lowest BCUT2D eigenvalue weighted by molar-refractivity contribution is 0.0303. The number of aryl methyl sites for hydroxylation is 1. The lowest BCUT2D eigenvalue weighted by atomic mass is 10.2. The summed E-state index contributed by atoms with van der Waals surface area (Å²) in [5.74, 6) is 0.854. The summed E-state index contributed by atoms with van der Waals surface area (Å²) in [7, 11) is 0. The number of hydrogen-bond acceptors (Lipinski definition) is 5. The van der Waals surface area contributed by atoms with Crippen molar-refractivity contribution in [3.63, 3.8) is 0 Å². The highest BCUT2D eigenvalue weighted by atomic mass is 16.5. The molecule has 2 aromatic rings. The molecule has 1 fully saturated rings. The number of pyridine rings is 1. The zero-order chi connectivity index (χ0) is 17.6. The topological polar surface area (TPSA) is 63.5 Å². The molecule has 7 heteroatoms. The van der Waals surface area contributed by atoms with Gasteiger partial charge in [0.2, 0.25) is 0 Å². The van der Waals surface area contributed by atoms with Crippen LogP contribution in [0.1, 0.15) is 29.8 Å². The number of carbonyl (C=O) groups is 1. The normalized spacial score (nSPS) is 14.6. The molecule has 3 rings (SSSR count). The maximum Gasteiger partial charge on any atom is 0.254 e. The van der Waals surface area contributed by atoms with Crippen molar-refractivity contribution in [2.24, 2.45) is 0 Å². The molecule has 0 bridgehead atoms. The van der Waals surface area contributed by atoms with Gasteiger partial charge in [0.1, 0.15) is 5.82 Å². The van der Waals surface area contributed by atoms with Gasteiger partial charge in [-0.15, -0.1) is 0 Å². The van der Waals surface area contributed by atoms with E-state index in [-0.39, 0.29) is 5.91 Å². The molecule has 134 valence electrons. The number of carbonyl (C=O) groups excluding carboxylic acids is 1. The summed E-state index contributed by atoms with van der Waals surface area (Å²) in [4.78, 5) is 21.1. The minimum Gasteiger partial charge on any atom is -0.378 e. The van der Waals surface area contributed by atoms with Gasteiger partial charge in [0.05, 0.1) is 19.4 Å². The molecular weight excluding hydrogens is 318 g/mol. The number of morpholine rings is 1. The van der Waals surface area contributed by atoms with Crippen molar-refractivity contribution in [1.29, 1.82) is 0 Å². The molecule has 3 heterocycles. The summed E-state index contributed by atoms with van der Waals surface area (Å²) >= 11 is 0. The second kappa shape index (κ2) is 8.11. The van der Waals surface area contributed by atoms with E-state index < -0.39 is 0 Å². The second-order valence-electron chi connectivity index (χ2n) is 6.03. The van der Waals surface area contributed by atoms with Crippen LogP contribution >= 0.6 is 0 Å². The Morgan fingerprint density at radius 2 is 2.12 bits per heavy atom. The van der Waals surface area contributed by atoms with Gasteiger partial charge in [-0.05, 0) is 26.0 Å². The van der Waals surface area contributed by atoms with Gasteiger partial charge in [0.25, 0.3) is 5.91 Å². The first kappa shape index (κ1) is 17.4. The molecule has 1 amide bonds. The summed E-state index contributed by atoms with van der Waals surface area (Å²) in [6.45, 7) is 9.03. The maximum absolute atomic E-state index is 12.7. The molecule has 0 spiro atoms. The van der Waals surface area contributed by atoms with Crippen LogP contribution in [-0.2, 0) is 17.8 Å². The number of aromatic nitrogens is 3. The summed E-state index contributed by atoms with van der Waals surface area (Å²) < 4.78 is 7.23. The third-order valence-corrected chi connectivity index (χ3v) is 4.38. The van der Waals surface area contributed by atoms with Crippen LogP contribution in [0.3, 0.4) is 0 Å². The van der Waals surface area contributed by atoms with E-state index >= 15 is 0 Å². The summed E-state index contributed by atoms with van der Waals surface area (Å²) in [6.07, 6.45) is 5.64. The summed E-state index contributed by atoms with van der Waals surface area (Å²) in [5.41, 5.74) is 1.81. The number of anilines is 1. The zero-order valence-corrected chi connectivity index (χ0v) is 14.9. The molecule has 0 aromatic carbocycles. The predicted octanol–water partition coefficient (Wildman–Crippen LogP) is 1.80. The van der Waals surface area contributed by atoms with Crippen LogP contribution in [0.2, 0.25) is 0 Å². The zero-order valence-electron chi connectivity index (χ0n) is 14.9. The van der Waals surface area contributed by atoms with E-state index in [9.17, 15) is 4.79 Å². The van der Waals surface area contributed by atoms with Crippen LogP contribution in [0.15, 0.2) is 30.7 Å². The first-order chi connectivity index (χ1) is 12.2. The Labute approximate surface area is 148 Å². The van der Waals surface area contributed by atoms with Gasteiger partial charge in [-0.3, -0.25) is 9.48 Å². The molecule has 1 saturated heterocycles. The lowest BCUT2D eigenvalue weighted by Gasteiger charge is -2.27. The molecule has 25 heavy (non-hydrogen) atoms. The Kier molecular flexibility index (Phi) is 5.65. The van der Waals surface area contributed by atoms with Gasteiger partial charge in [-0.1, -0.05) is 0 Å². The largest absolute Gasteiger partial charge is 0.378 e. The SMILES string of the molecule is CCN(Cc1cnn(CC)c1)c1cc(C(=O)N2CCOCC2)ccn1. The average molecular weight is 343 g/mol. The number of amides is 1. The van der Waals surface area contributed by atoms with Crippen LogP contribution in [-0.4, -0.2) is 58.4 Å². The van der Waals surface area contributed by atoms with Crippen molar-refractivity contribution in [2.75, 3.05) is 37.7 Å². The first-order valence-electron chi connectivity index (χ1n) is 8.80. The van der Waals surface area contributed by atoms with Gasteiger partial charge >= 0.3 is 0 Å². The minimum atomic E-state index is 0.0433. The molecule has 1 aliphatic heterocycles. The lowest BCUT2D eigenvalue weighted by Crippen LogP contribution is -2.40. The molecular formula is C18H25N5O2. The Bertz CT molecular complexity index is 709. The molecule has 1 aliphatic rings. The Morgan fingerprint density at radius 3 is 2.80 bits per heavy atom. The molecule has 0 atom stereocenters. The molecule has 2 aromatic heterocycles. The predicted molar refractivity (Wildman–Crippen MR) is 95.6 cm³/mol. The van der Waals surface area contributed by atoms with E-state index in [1.165, 1.54) is 0 Å². The highest BCUT2D eigenvalue weighted by molar-refractivity contribution is 5.94. The van der Waals surface area contributed by atoms with E-state index in [1.807, 2.05) is 28.0 Å². The smallest absolute Gasteiger partial charge is 0.254 e. The molecule has 7 nitrogen and oxygen atoms in total. The van der Waals surface area contributed by atoms with Crippen LogP contribution in [0.25, 0.3) is 0 Å². The highest BCUT2D eigenvalue weighted by Gasteiger charge is 2.19. The van der Waals surface area contributed by atoms with Crippen LogP contribution < -0.4 is 4.90 Å². The van der Waals surface area contributed by atoms with E-state index in [0.29, 0.717) is 31.9 Å². The van der Waals surface area contributed by atoms with Crippen molar-refractivity contribution < 1.29 is 9.53 Å². The third kappa shape index (κ3) is 4.17. The van der Waals surface area contributed by atoms with E-state index in [4.69, 9.17) is 4.74 Å². The molecule has 0 N–H and O–H groups in total. The van der Waals surface area contributed by atoms with Crippen LogP contribution in [0.4, 0.5) is 5.82 Å². The number of ether oxygens (including phenoxy) is 1. The van der Waals surface area contributed by atoms with Crippen molar-refractivity contribution >= 4 is 11.7 Å². The van der Waals surface area contributed by atoms with Crippen LogP contribution in [0, 0.1) is 0 Å². The number of nitrogens with zero attached hydrogens (tertiary/aromatic N) is 5. The standard InChI is InChI=1S/C18H25N5O2/c1-3-21(13-15-12-20-23(4-2)14-15)17-11-16(5-6-19-17)18(24)22-7-9-25-10-8-22/h5-6,11-12,14H,3-4,7-10,13H2,1-2H3. The fraction of sp³-hybridized carbons (Fsp3) is 0.500. The first-order valence-corrected chi connectivity index (χ1v) is 8.80. The average Bonchev–Trinajstić information content (AvgIpc) is 3.14. The minimum absolute atomic E-state index is 0.0433. The van der Waals surface area contributed by atoms with Gasteiger partial charge in [-0.2, -0.15) is 5.10 Å². The van der Waals surface area contributed by atoms with Crippen molar-refractivity contribution in [2.45, 2.75) is 26.9 Å². The van der Waals surface area contributed by atoms with Crippen LogP contribution in [0.5, 0.6) is 0 Å². The second-order valence-corrected chi connectivity index (χ2v) is 6.03. The Balaban J connectivity index is 1.74. The highest BCUT2D eigenvalue weighted by Crippen LogP contribution is 2.17. The number of rotatable bonds is 6. The van der Waals surface area contributed by atoms with Crippen molar-refractivity contribution in [3.8, 4) is 0 Å². The monoisotopic (exact) mass is 343 g/mol. The van der Waals surface area contributed by atoms with Gasteiger partial charge in [0.15, 0.2) is 0 Å². The van der Waals surface area contributed by atoms with Gasteiger partial charge < -0.3 is 14.5 Å². The Morgan fingerprint density at radius 1 is 1.32 bits per heavy atom. The molecule has 0 saturated carbocycles. The fourth-order valence-electron chi connectivity index (χ4n) is 2.91. The number of hydrogen-bond donors (Lipinski definition) is 0. The van der Waals surface area contributed by atoms with Gasteiger partial charge in [0, 0.05) is 56.2 Å². The molecule has 0 unspecified atom stereocenters. The summed E-state index contributed by atoms with van der Waals surface area (Å²) in [6, 6.07) is 3.66. The molecule has 0 aliphatic carbocycles. The quantitative estimate of drug-likeness (QED) is 0.800. The Hall–Kier alpha value is -2.41. The van der Waals surface area contributed by atoms with Crippen molar-refractivity contribution in [3.05, 3.63) is 41.9 Å². The van der Waals surface area contributed by atoms with Gasteiger partial charge in [-0.25, -0.2) is 4.98 Å². The van der Waals surface area contributed by atoms with E-state index in [1.54, 1.807) is 12.3 Å².